The van der Waals surface area contributed by atoms with Crippen molar-refractivity contribution in [1.29, 1.82) is 0 Å². The van der Waals surface area contributed by atoms with Gasteiger partial charge in [0.15, 0.2) is 5.82 Å². The van der Waals surface area contributed by atoms with Crippen LogP contribution >= 0.6 is 23.2 Å². The Morgan fingerprint density at radius 2 is 1.81 bits per heavy atom. The third-order valence-corrected chi connectivity index (χ3v) is 5.30. The zero-order valence-electron chi connectivity index (χ0n) is 16.8. The third kappa shape index (κ3) is 4.55. The first kappa shape index (κ1) is 20.9. The van der Waals surface area contributed by atoms with E-state index in [9.17, 15) is 4.79 Å². The number of benzene rings is 3. The van der Waals surface area contributed by atoms with E-state index in [1.807, 2.05) is 31.2 Å². The minimum absolute atomic E-state index is 0.0189. The molecule has 3 aromatic carbocycles. The summed E-state index contributed by atoms with van der Waals surface area (Å²) in [7, 11) is 1.57. The van der Waals surface area contributed by atoms with Gasteiger partial charge in [-0.25, -0.2) is 9.67 Å². The number of ether oxygens (including phenoxy) is 1. The maximum absolute atomic E-state index is 12.9. The highest BCUT2D eigenvalue weighted by Gasteiger charge is 2.20. The van der Waals surface area contributed by atoms with E-state index in [0.29, 0.717) is 33.0 Å². The molecule has 0 spiro atoms. The van der Waals surface area contributed by atoms with Gasteiger partial charge in [0.25, 0.3) is 5.91 Å². The Kier molecular flexibility index (Phi) is 5.93. The molecule has 0 aliphatic carbocycles. The first-order valence-electron chi connectivity index (χ1n) is 9.39. The Morgan fingerprint density at radius 3 is 2.55 bits per heavy atom. The van der Waals surface area contributed by atoms with E-state index in [2.05, 4.69) is 15.4 Å². The van der Waals surface area contributed by atoms with Gasteiger partial charge in [-0.05, 0) is 43.3 Å². The number of rotatable bonds is 5. The van der Waals surface area contributed by atoms with Gasteiger partial charge in [-0.2, -0.15) is 0 Å². The topological polar surface area (TPSA) is 69.0 Å². The van der Waals surface area contributed by atoms with Gasteiger partial charge in [-0.1, -0.05) is 53.0 Å². The fourth-order valence-electron chi connectivity index (χ4n) is 3.06. The molecule has 1 heterocycles. The van der Waals surface area contributed by atoms with Crippen LogP contribution < -0.4 is 10.1 Å². The molecule has 31 heavy (non-hydrogen) atoms. The second-order valence-corrected chi connectivity index (χ2v) is 7.64. The van der Waals surface area contributed by atoms with Crippen LogP contribution in [0, 0.1) is 6.92 Å². The van der Waals surface area contributed by atoms with Crippen molar-refractivity contribution < 1.29 is 9.53 Å². The highest BCUT2D eigenvalue weighted by Crippen LogP contribution is 2.28. The predicted octanol–water partition coefficient (Wildman–Crippen LogP) is 5.81. The summed E-state index contributed by atoms with van der Waals surface area (Å²) in [6.07, 6.45) is 0. The normalized spacial score (nSPS) is 10.7. The first-order chi connectivity index (χ1) is 14.9. The van der Waals surface area contributed by atoms with Crippen LogP contribution in [0.25, 0.3) is 17.1 Å². The van der Waals surface area contributed by atoms with Crippen LogP contribution in [0.15, 0.2) is 66.7 Å². The lowest BCUT2D eigenvalue weighted by Gasteiger charge is -2.07. The van der Waals surface area contributed by atoms with Crippen LogP contribution in [0.2, 0.25) is 10.0 Å². The van der Waals surface area contributed by atoms with E-state index in [1.165, 1.54) is 0 Å². The summed E-state index contributed by atoms with van der Waals surface area (Å²) in [5, 5.41) is 8.07. The number of hydrogen-bond donors (Lipinski definition) is 1. The number of anilines is 1. The van der Waals surface area contributed by atoms with Gasteiger partial charge >= 0.3 is 0 Å². The number of halogens is 2. The van der Waals surface area contributed by atoms with Crippen LogP contribution in [0.1, 0.15) is 16.2 Å². The number of carbonyl (C=O) groups excluding carboxylic acids is 1. The molecule has 0 saturated carbocycles. The number of hydrogen-bond acceptors (Lipinski definition) is 4. The molecule has 0 aliphatic heterocycles. The van der Waals surface area contributed by atoms with Crippen molar-refractivity contribution in [1.82, 2.24) is 14.8 Å². The van der Waals surface area contributed by atoms with Crippen molar-refractivity contribution in [2.24, 2.45) is 0 Å². The molecule has 0 atom stereocenters. The maximum atomic E-state index is 12.9. The summed E-state index contributed by atoms with van der Waals surface area (Å²) < 4.78 is 6.78. The average Bonchev–Trinajstić information content (AvgIpc) is 3.21. The van der Waals surface area contributed by atoms with E-state index in [4.69, 9.17) is 27.9 Å². The van der Waals surface area contributed by atoms with Crippen LogP contribution in [0.3, 0.4) is 0 Å². The molecular formula is C23H18Cl2N4O2. The molecule has 156 valence electrons. The van der Waals surface area contributed by atoms with Crippen molar-refractivity contribution in [2.75, 3.05) is 12.4 Å². The smallest absolute Gasteiger partial charge is 0.295 e. The van der Waals surface area contributed by atoms with Crippen LogP contribution in [-0.2, 0) is 0 Å². The number of aryl methyl sites for hydroxylation is 1. The summed E-state index contributed by atoms with van der Waals surface area (Å²) in [5.41, 5.74) is 3.09. The molecule has 4 aromatic rings. The number of nitrogens with one attached hydrogen (secondary N) is 1. The Hall–Kier alpha value is -3.35. The minimum Gasteiger partial charge on any atom is -0.497 e. The van der Waals surface area contributed by atoms with Gasteiger partial charge < -0.3 is 10.1 Å². The zero-order chi connectivity index (χ0) is 22.0. The lowest BCUT2D eigenvalue weighted by atomic mass is 10.1. The number of nitrogens with zero attached hydrogens (tertiary/aromatic N) is 3. The predicted molar refractivity (Wildman–Crippen MR) is 122 cm³/mol. The van der Waals surface area contributed by atoms with E-state index >= 15 is 0 Å². The fourth-order valence-corrected chi connectivity index (χ4v) is 3.36. The summed E-state index contributed by atoms with van der Waals surface area (Å²) in [5.74, 6) is 0.719. The van der Waals surface area contributed by atoms with Crippen molar-refractivity contribution in [2.45, 2.75) is 6.92 Å². The van der Waals surface area contributed by atoms with Gasteiger partial charge in [0, 0.05) is 17.3 Å². The molecule has 0 radical (unpaired) electrons. The Bertz CT molecular complexity index is 1270. The highest BCUT2D eigenvalue weighted by atomic mass is 35.5. The average molecular weight is 453 g/mol. The molecule has 0 unspecified atom stereocenters. The van der Waals surface area contributed by atoms with E-state index < -0.39 is 5.91 Å². The van der Waals surface area contributed by atoms with Crippen molar-refractivity contribution >= 4 is 34.8 Å². The minimum atomic E-state index is -0.444. The summed E-state index contributed by atoms with van der Waals surface area (Å²) in [6, 6.07) is 20.0. The highest BCUT2D eigenvalue weighted by molar-refractivity contribution is 6.42. The second-order valence-electron chi connectivity index (χ2n) is 6.82. The Morgan fingerprint density at radius 1 is 1.00 bits per heavy atom. The second kappa shape index (κ2) is 8.79. The van der Waals surface area contributed by atoms with Crippen LogP contribution in [0.5, 0.6) is 5.75 Å². The quantitative estimate of drug-likeness (QED) is 0.414. The Labute approximate surface area is 189 Å². The fraction of sp³-hybridized carbons (Fsp3) is 0.0870. The molecule has 0 bridgehead atoms. The van der Waals surface area contributed by atoms with Gasteiger partial charge in [0.05, 0.1) is 22.8 Å². The molecule has 4 rings (SSSR count). The first-order valence-corrected chi connectivity index (χ1v) is 10.1. The van der Waals surface area contributed by atoms with Gasteiger partial charge in [-0.15, -0.1) is 5.10 Å². The number of methoxy groups -OCH3 is 1. The van der Waals surface area contributed by atoms with Crippen molar-refractivity contribution in [3.8, 4) is 22.8 Å². The maximum Gasteiger partial charge on any atom is 0.295 e. The van der Waals surface area contributed by atoms with Gasteiger partial charge in [0.1, 0.15) is 5.75 Å². The van der Waals surface area contributed by atoms with Crippen LogP contribution in [-0.4, -0.2) is 27.8 Å². The molecule has 8 heteroatoms. The molecule has 6 nitrogen and oxygen atoms in total. The van der Waals surface area contributed by atoms with E-state index in [-0.39, 0.29) is 5.82 Å². The number of amides is 1. The molecule has 0 fully saturated rings. The number of carbonyl (C=O) groups is 1. The molecule has 0 aliphatic rings. The SMILES string of the molecule is COc1cccc(NC(=O)c2nc(-c3cccc(C)c3)n(-c3ccc(Cl)c(Cl)c3)n2)c1. The van der Waals surface area contributed by atoms with Gasteiger partial charge in [-0.3, -0.25) is 4.79 Å². The summed E-state index contributed by atoms with van der Waals surface area (Å²) >= 11 is 12.3. The standard InChI is InChI=1S/C23H18Cl2N4O2/c1-14-5-3-6-15(11-14)22-27-21(23(30)26-16-7-4-8-18(12-16)31-2)28-29(22)17-9-10-19(24)20(25)13-17/h3-13H,1-2H3,(H,26,30). The monoisotopic (exact) mass is 452 g/mol. The lowest BCUT2D eigenvalue weighted by molar-refractivity contribution is 0.101. The molecular weight excluding hydrogens is 435 g/mol. The third-order valence-electron chi connectivity index (χ3n) is 4.56. The number of aromatic nitrogens is 3. The van der Waals surface area contributed by atoms with Crippen molar-refractivity contribution in [3.05, 3.63) is 88.2 Å². The molecule has 0 saturated heterocycles. The van der Waals surface area contributed by atoms with Gasteiger partial charge in [0.2, 0.25) is 5.82 Å². The summed E-state index contributed by atoms with van der Waals surface area (Å²) in [4.78, 5) is 17.4. The van der Waals surface area contributed by atoms with E-state index in [0.717, 1.165) is 11.1 Å². The Balaban J connectivity index is 1.77. The van der Waals surface area contributed by atoms with Crippen LogP contribution in [0.4, 0.5) is 5.69 Å². The largest absolute Gasteiger partial charge is 0.497 e. The summed E-state index contributed by atoms with van der Waals surface area (Å²) in [6.45, 7) is 1.99. The lowest BCUT2D eigenvalue weighted by Crippen LogP contribution is -2.14. The van der Waals surface area contributed by atoms with E-state index in [1.54, 1.807) is 54.3 Å². The van der Waals surface area contributed by atoms with Crippen molar-refractivity contribution in [3.63, 3.8) is 0 Å². The molecule has 1 aromatic heterocycles. The zero-order valence-corrected chi connectivity index (χ0v) is 18.3. The molecule has 1 N–H and O–H groups in total. The molecule has 1 amide bonds.